The smallest absolute Gasteiger partial charge is 0.261 e. The van der Waals surface area contributed by atoms with E-state index in [4.69, 9.17) is 10.8 Å². The second-order valence-electron chi connectivity index (χ2n) is 5.38. The average molecular weight is 356 g/mol. The molecule has 5 nitrogen and oxygen atoms in total. The molecule has 0 amide bonds. The van der Waals surface area contributed by atoms with Crippen molar-refractivity contribution in [1.29, 1.82) is 0 Å². The monoisotopic (exact) mass is 356 g/mol. The molecule has 0 fully saturated rings. The van der Waals surface area contributed by atoms with Crippen LogP contribution in [0, 0.1) is 6.92 Å². The fourth-order valence-electron chi connectivity index (χ4n) is 1.91. The molecule has 0 saturated heterocycles. The second kappa shape index (κ2) is 8.21. The molecule has 3 rings (SSSR count). The summed E-state index contributed by atoms with van der Waals surface area (Å²) in [5, 5.41) is 8.63. The van der Waals surface area contributed by atoms with E-state index in [2.05, 4.69) is 4.72 Å². The van der Waals surface area contributed by atoms with E-state index < -0.39 is 10.0 Å². The first kappa shape index (κ1) is 18.4. The lowest BCUT2D eigenvalue weighted by molar-refractivity contribution is 0.475. The Balaban J connectivity index is 0.000000269. The van der Waals surface area contributed by atoms with E-state index in [9.17, 15) is 8.42 Å². The van der Waals surface area contributed by atoms with E-state index in [0.29, 0.717) is 17.1 Å². The number of aromatic hydroxyl groups is 1. The van der Waals surface area contributed by atoms with Gasteiger partial charge in [0.1, 0.15) is 5.75 Å². The normalized spacial score (nSPS) is 10.4. The molecule has 0 unspecified atom stereocenters. The van der Waals surface area contributed by atoms with E-state index in [0.717, 1.165) is 5.56 Å². The van der Waals surface area contributed by atoms with Crippen LogP contribution in [-0.4, -0.2) is 13.5 Å². The summed E-state index contributed by atoms with van der Waals surface area (Å²) >= 11 is 0. The van der Waals surface area contributed by atoms with Crippen LogP contribution < -0.4 is 10.5 Å². The highest BCUT2D eigenvalue weighted by Crippen LogP contribution is 2.17. The number of nitrogens with one attached hydrogen (secondary N) is 1. The molecule has 0 aliphatic heterocycles. The number of rotatable bonds is 3. The van der Waals surface area contributed by atoms with Crippen molar-refractivity contribution in [3.63, 3.8) is 0 Å². The first-order valence-electron chi connectivity index (χ1n) is 7.56. The van der Waals surface area contributed by atoms with E-state index in [1.165, 1.54) is 0 Å². The number of phenolic OH excluding ortho intramolecular Hbond substituents is 1. The molecule has 4 N–H and O–H groups in total. The zero-order valence-electron chi connectivity index (χ0n) is 13.8. The van der Waals surface area contributed by atoms with Crippen molar-refractivity contribution in [1.82, 2.24) is 0 Å². The van der Waals surface area contributed by atoms with E-state index in [-0.39, 0.29) is 4.90 Å². The number of hydrogen-bond acceptors (Lipinski definition) is 4. The third kappa shape index (κ3) is 5.86. The van der Waals surface area contributed by atoms with Crippen molar-refractivity contribution in [2.24, 2.45) is 0 Å². The molecule has 0 radical (unpaired) electrons. The first-order chi connectivity index (χ1) is 11.9. The van der Waals surface area contributed by atoms with Gasteiger partial charge in [-0.2, -0.15) is 0 Å². The maximum absolute atomic E-state index is 12.1. The molecule has 0 spiro atoms. The predicted octanol–water partition coefficient (Wildman–Crippen LogP) is 3.77. The molecule has 3 aromatic rings. The molecule has 0 aromatic heterocycles. The Morgan fingerprint density at radius 2 is 1.40 bits per heavy atom. The summed E-state index contributed by atoms with van der Waals surface area (Å²) in [7, 11) is -3.53. The number of para-hydroxylation sites is 1. The van der Waals surface area contributed by atoms with Gasteiger partial charge in [-0.3, -0.25) is 4.72 Å². The summed E-state index contributed by atoms with van der Waals surface area (Å²) in [6.07, 6.45) is 0. The van der Waals surface area contributed by atoms with Gasteiger partial charge < -0.3 is 10.8 Å². The minimum atomic E-state index is -3.53. The van der Waals surface area contributed by atoms with E-state index in [1.54, 1.807) is 72.8 Å². The van der Waals surface area contributed by atoms with Crippen molar-refractivity contribution < 1.29 is 13.5 Å². The molecule has 130 valence electrons. The van der Waals surface area contributed by atoms with Gasteiger partial charge >= 0.3 is 0 Å². The summed E-state index contributed by atoms with van der Waals surface area (Å²) in [5.74, 6) is 0.322. The number of nitrogen functional groups attached to an aromatic ring is 1. The van der Waals surface area contributed by atoms with Gasteiger partial charge in [-0.25, -0.2) is 8.42 Å². The third-order valence-corrected chi connectivity index (χ3v) is 4.65. The van der Waals surface area contributed by atoms with Gasteiger partial charge in [-0.05, 0) is 55.5 Å². The number of anilines is 2. The maximum Gasteiger partial charge on any atom is 0.261 e. The van der Waals surface area contributed by atoms with Crippen LogP contribution in [0.5, 0.6) is 5.75 Å². The molecule has 0 bridgehead atoms. The summed E-state index contributed by atoms with van der Waals surface area (Å²) in [5.41, 5.74) is 7.64. The Hall–Kier alpha value is -2.99. The quantitative estimate of drug-likeness (QED) is 0.623. The highest BCUT2D eigenvalue weighted by molar-refractivity contribution is 7.92. The van der Waals surface area contributed by atoms with Crippen molar-refractivity contribution >= 4 is 21.4 Å². The minimum absolute atomic E-state index is 0.241. The SMILES string of the molecule is Cc1ccc(S(=O)(=O)Nc2ccc(N)cc2)cc1.Oc1ccccc1. The zero-order valence-corrected chi connectivity index (χ0v) is 14.6. The molecule has 0 aliphatic carbocycles. The highest BCUT2D eigenvalue weighted by Gasteiger charge is 2.13. The zero-order chi connectivity index (χ0) is 18.3. The topological polar surface area (TPSA) is 92.4 Å². The Bertz CT molecular complexity index is 892. The first-order valence-corrected chi connectivity index (χ1v) is 9.04. The van der Waals surface area contributed by atoms with Crippen molar-refractivity contribution in [3.05, 3.63) is 84.4 Å². The number of aryl methyl sites for hydroxylation is 1. The molecular formula is C19H20N2O3S. The Morgan fingerprint density at radius 3 is 1.88 bits per heavy atom. The third-order valence-electron chi connectivity index (χ3n) is 3.25. The van der Waals surface area contributed by atoms with E-state index >= 15 is 0 Å². The number of nitrogens with two attached hydrogens (primary N) is 1. The molecule has 6 heteroatoms. The summed E-state index contributed by atoms with van der Waals surface area (Å²) in [4.78, 5) is 0.241. The Morgan fingerprint density at radius 1 is 0.840 bits per heavy atom. The second-order valence-corrected chi connectivity index (χ2v) is 7.06. The number of phenols is 1. The molecule has 0 atom stereocenters. The number of hydrogen-bond donors (Lipinski definition) is 3. The van der Waals surface area contributed by atoms with Gasteiger partial charge in [-0.15, -0.1) is 0 Å². The average Bonchev–Trinajstić information content (AvgIpc) is 2.58. The summed E-state index contributed by atoms with van der Waals surface area (Å²) in [6, 6.07) is 21.9. The highest BCUT2D eigenvalue weighted by atomic mass is 32.2. The minimum Gasteiger partial charge on any atom is -0.508 e. The van der Waals surface area contributed by atoms with Crippen LogP contribution in [0.4, 0.5) is 11.4 Å². The van der Waals surface area contributed by atoms with Gasteiger partial charge in [0.2, 0.25) is 0 Å². The van der Waals surface area contributed by atoms with Gasteiger partial charge in [0.05, 0.1) is 4.90 Å². The van der Waals surface area contributed by atoms with Crippen LogP contribution in [0.25, 0.3) is 0 Å². The maximum atomic E-state index is 12.1. The lowest BCUT2D eigenvalue weighted by Crippen LogP contribution is -2.12. The molecule has 0 saturated carbocycles. The summed E-state index contributed by atoms with van der Waals surface area (Å²) < 4.78 is 26.6. The van der Waals surface area contributed by atoms with Crippen molar-refractivity contribution in [3.8, 4) is 5.75 Å². The standard InChI is InChI=1S/C13H14N2O2S.C6H6O/c1-10-2-8-13(9-3-10)18(16,17)15-12-6-4-11(14)5-7-12;7-6-4-2-1-3-5-6/h2-9,15H,14H2,1H3;1-5,7H. The summed E-state index contributed by atoms with van der Waals surface area (Å²) in [6.45, 7) is 1.91. The fourth-order valence-corrected chi connectivity index (χ4v) is 2.97. The molecule has 25 heavy (non-hydrogen) atoms. The van der Waals surface area contributed by atoms with Gasteiger partial charge in [0, 0.05) is 11.4 Å². The lowest BCUT2D eigenvalue weighted by atomic mass is 10.2. The molecule has 0 heterocycles. The Labute approximate surface area is 147 Å². The lowest BCUT2D eigenvalue weighted by Gasteiger charge is -2.08. The van der Waals surface area contributed by atoms with Crippen LogP contribution in [-0.2, 0) is 10.0 Å². The molecule has 3 aromatic carbocycles. The van der Waals surface area contributed by atoms with Crippen LogP contribution in [0.15, 0.2) is 83.8 Å². The van der Waals surface area contributed by atoms with Crippen LogP contribution >= 0.6 is 0 Å². The van der Waals surface area contributed by atoms with Gasteiger partial charge in [0.15, 0.2) is 0 Å². The van der Waals surface area contributed by atoms with Crippen LogP contribution in [0.2, 0.25) is 0 Å². The predicted molar refractivity (Wildman–Crippen MR) is 101 cm³/mol. The van der Waals surface area contributed by atoms with Gasteiger partial charge in [0.25, 0.3) is 10.0 Å². The number of sulfonamides is 1. The van der Waals surface area contributed by atoms with E-state index in [1.807, 2.05) is 13.0 Å². The van der Waals surface area contributed by atoms with Crippen LogP contribution in [0.1, 0.15) is 5.56 Å². The Kier molecular flexibility index (Phi) is 6.03. The van der Waals surface area contributed by atoms with Crippen LogP contribution in [0.3, 0.4) is 0 Å². The number of benzene rings is 3. The fraction of sp³-hybridized carbons (Fsp3) is 0.0526. The molecular weight excluding hydrogens is 336 g/mol. The van der Waals surface area contributed by atoms with Crippen molar-refractivity contribution in [2.75, 3.05) is 10.5 Å². The van der Waals surface area contributed by atoms with Crippen molar-refractivity contribution in [2.45, 2.75) is 11.8 Å². The van der Waals surface area contributed by atoms with Gasteiger partial charge in [-0.1, -0.05) is 35.9 Å². The largest absolute Gasteiger partial charge is 0.508 e. The molecule has 0 aliphatic rings.